The van der Waals surface area contributed by atoms with E-state index in [0.29, 0.717) is 13.2 Å². The van der Waals surface area contributed by atoms with Crippen molar-refractivity contribution in [3.8, 4) is 0 Å². The fourth-order valence-electron chi connectivity index (χ4n) is 2.00. The molecule has 0 aromatic heterocycles. The number of halogens is 1. The van der Waals surface area contributed by atoms with E-state index in [1.165, 1.54) is 0 Å². The lowest BCUT2D eigenvalue weighted by molar-refractivity contribution is -0.151. The first-order chi connectivity index (χ1) is 8.10. The second-order valence-corrected chi connectivity index (χ2v) is 5.36. The summed E-state index contributed by atoms with van der Waals surface area (Å²) in [5, 5.41) is 0. The number of amides is 1. The first kappa shape index (κ1) is 14.5. The summed E-state index contributed by atoms with van der Waals surface area (Å²) in [5.41, 5.74) is 0. The Morgan fingerprint density at radius 3 is 2.76 bits per heavy atom. The number of piperidine rings is 1. The van der Waals surface area contributed by atoms with Gasteiger partial charge in [-0.2, -0.15) is 0 Å². The van der Waals surface area contributed by atoms with Gasteiger partial charge in [0.2, 0.25) is 5.91 Å². The fourth-order valence-corrected chi connectivity index (χ4v) is 2.29. The van der Waals surface area contributed by atoms with Gasteiger partial charge in [0.05, 0.1) is 17.4 Å². The van der Waals surface area contributed by atoms with Crippen molar-refractivity contribution in [1.29, 1.82) is 0 Å². The van der Waals surface area contributed by atoms with E-state index in [9.17, 15) is 9.59 Å². The number of nitrogens with zero attached hydrogens (tertiary/aromatic N) is 1. The summed E-state index contributed by atoms with van der Waals surface area (Å²) in [5.74, 6) is -0.238. The van der Waals surface area contributed by atoms with Crippen LogP contribution in [-0.4, -0.2) is 41.3 Å². The smallest absolute Gasteiger partial charge is 0.310 e. The van der Waals surface area contributed by atoms with Crippen molar-refractivity contribution in [2.45, 2.75) is 37.9 Å². The van der Waals surface area contributed by atoms with E-state index < -0.39 is 0 Å². The molecule has 2 atom stereocenters. The average molecular weight is 306 g/mol. The van der Waals surface area contributed by atoms with Gasteiger partial charge in [0.15, 0.2) is 0 Å². The summed E-state index contributed by atoms with van der Waals surface area (Å²) in [4.78, 5) is 25.3. The molecule has 1 heterocycles. The van der Waals surface area contributed by atoms with Crippen LogP contribution < -0.4 is 0 Å². The van der Waals surface area contributed by atoms with Gasteiger partial charge in [0.25, 0.3) is 0 Å². The molecule has 0 radical (unpaired) electrons. The number of ether oxygens (including phenoxy) is 1. The van der Waals surface area contributed by atoms with Crippen LogP contribution in [0.1, 0.15) is 33.1 Å². The molecule has 1 amide bonds. The monoisotopic (exact) mass is 305 g/mol. The lowest BCUT2D eigenvalue weighted by Crippen LogP contribution is -2.45. The number of likely N-dealkylation sites (tertiary alicyclic amines) is 1. The summed E-state index contributed by atoms with van der Waals surface area (Å²) in [6.07, 6.45) is 2.46. The van der Waals surface area contributed by atoms with Crippen LogP contribution in [0.15, 0.2) is 0 Å². The van der Waals surface area contributed by atoms with Crippen LogP contribution in [0.4, 0.5) is 0 Å². The highest BCUT2D eigenvalue weighted by molar-refractivity contribution is 9.10. The summed E-state index contributed by atoms with van der Waals surface area (Å²) in [7, 11) is 0. The maximum Gasteiger partial charge on any atom is 0.310 e. The fraction of sp³-hybridized carbons (Fsp3) is 0.833. The predicted octanol–water partition coefficient (Wildman–Crippen LogP) is 1.96. The number of carbonyl (C=O) groups is 2. The Labute approximate surface area is 111 Å². The van der Waals surface area contributed by atoms with E-state index in [2.05, 4.69) is 15.9 Å². The molecule has 0 unspecified atom stereocenters. The molecule has 0 aliphatic carbocycles. The molecule has 1 saturated heterocycles. The van der Waals surface area contributed by atoms with Crippen molar-refractivity contribution in [2.75, 3.05) is 19.7 Å². The zero-order chi connectivity index (χ0) is 12.8. The molecule has 0 spiro atoms. The molecule has 1 aliphatic rings. The van der Waals surface area contributed by atoms with Crippen LogP contribution in [0.3, 0.4) is 0 Å². The van der Waals surface area contributed by atoms with Crippen LogP contribution in [0.25, 0.3) is 0 Å². The number of carbonyl (C=O) groups excluding carboxylic acids is 2. The molecular weight excluding hydrogens is 286 g/mol. The molecule has 0 saturated carbocycles. The third kappa shape index (κ3) is 3.98. The highest BCUT2D eigenvalue weighted by atomic mass is 79.9. The minimum atomic E-state index is -0.173. The Bertz CT molecular complexity index is 283. The van der Waals surface area contributed by atoms with E-state index >= 15 is 0 Å². The van der Waals surface area contributed by atoms with Crippen LogP contribution in [-0.2, 0) is 14.3 Å². The van der Waals surface area contributed by atoms with Crippen molar-refractivity contribution in [3.05, 3.63) is 0 Å². The van der Waals surface area contributed by atoms with E-state index in [-0.39, 0.29) is 22.6 Å². The minimum Gasteiger partial charge on any atom is -0.466 e. The summed E-state index contributed by atoms with van der Waals surface area (Å²) in [6, 6.07) is 0. The van der Waals surface area contributed by atoms with E-state index in [0.717, 1.165) is 25.8 Å². The van der Waals surface area contributed by atoms with Crippen LogP contribution in [0.5, 0.6) is 0 Å². The van der Waals surface area contributed by atoms with Gasteiger partial charge < -0.3 is 9.64 Å². The largest absolute Gasteiger partial charge is 0.466 e. The van der Waals surface area contributed by atoms with Crippen molar-refractivity contribution < 1.29 is 14.3 Å². The molecule has 1 rings (SSSR count). The van der Waals surface area contributed by atoms with E-state index in [1.54, 1.807) is 11.8 Å². The van der Waals surface area contributed by atoms with Crippen molar-refractivity contribution in [1.82, 2.24) is 4.90 Å². The average Bonchev–Trinajstić information content (AvgIpc) is 2.37. The van der Waals surface area contributed by atoms with Gasteiger partial charge in [0, 0.05) is 13.1 Å². The molecule has 1 fully saturated rings. The molecule has 17 heavy (non-hydrogen) atoms. The standard InChI is InChI=1S/C12H20BrNO3/c1-3-10(13)11(15)14-7-5-6-9(8-14)12(16)17-4-2/h9-10H,3-8H2,1-2H3/t9-,10-/m1/s1. The Balaban J connectivity index is 2.54. The quantitative estimate of drug-likeness (QED) is 0.589. The number of rotatable bonds is 4. The van der Waals surface area contributed by atoms with Crippen molar-refractivity contribution in [3.63, 3.8) is 0 Å². The van der Waals surface area contributed by atoms with Gasteiger partial charge in [-0.1, -0.05) is 22.9 Å². The second-order valence-electron chi connectivity index (χ2n) is 4.25. The normalized spacial score (nSPS) is 22.1. The topological polar surface area (TPSA) is 46.6 Å². The third-order valence-electron chi connectivity index (χ3n) is 2.98. The maximum atomic E-state index is 12.0. The molecule has 98 valence electrons. The highest BCUT2D eigenvalue weighted by Gasteiger charge is 2.31. The molecule has 1 aliphatic heterocycles. The number of esters is 1. The van der Waals surface area contributed by atoms with Gasteiger partial charge in [-0.25, -0.2) is 0 Å². The zero-order valence-corrected chi connectivity index (χ0v) is 12.0. The van der Waals surface area contributed by atoms with Crippen molar-refractivity contribution >= 4 is 27.8 Å². The first-order valence-corrected chi connectivity index (χ1v) is 7.11. The molecule has 0 aromatic rings. The highest BCUT2D eigenvalue weighted by Crippen LogP contribution is 2.20. The van der Waals surface area contributed by atoms with E-state index in [4.69, 9.17) is 4.74 Å². The third-order valence-corrected chi connectivity index (χ3v) is 4.02. The maximum absolute atomic E-state index is 12.0. The lowest BCUT2D eigenvalue weighted by Gasteiger charge is -2.32. The lowest BCUT2D eigenvalue weighted by atomic mass is 9.98. The Hall–Kier alpha value is -0.580. The van der Waals surface area contributed by atoms with Crippen molar-refractivity contribution in [2.24, 2.45) is 5.92 Å². The molecule has 5 heteroatoms. The molecule has 0 aromatic carbocycles. The molecule has 0 bridgehead atoms. The first-order valence-electron chi connectivity index (χ1n) is 6.19. The number of hydrogen-bond donors (Lipinski definition) is 0. The van der Waals surface area contributed by atoms with Gasteiger partial charge in [-0.05, 0) is 26.2 Å². The summed E-state index contributed by atoms with van der Waals surface area (Å²) >= 11 is 3.36. The number of hydrogen-bond acceptors (Lipinski definition) is 3. The van der Waals surface area contributed by atoms with Gasteiger partial charge in [0.1, 0.15) is 0 Å². The molecule has 0 N–H and O–H groups in total. The van der Waals surface area contributed by atoms with Gasteiger partial charge in [-0.3, -0.25) is 9.59 Å². The van der Waals surface area contributed by atoms with Crippen LogP contribution in [0, 0.1) is 5.92 Å². The Kier molecular flexibility index (Phi) is 5.95. The summed E-state index contributed by atoms with van der Waals surface area (Å²) in [6.45, 7) is 5.41. The Morgan fingerprint density at radius 2 is 2.18 bits per heavy atom. The molecule has 4 nitrogen and oxygen atoms in total. The predicted molar refractivity (Wildman–Crippen MR) is 68.9 cm³/mol. The minimum absolute atomic E-state index is 0.0847. The summed E-state index contributed by atoms with van der Waals surface area (Å²) < 4.78 is 5.01. The SMILES string of the molecule is CCOC(=O)[C@@H]1CCCN(C(=O)[C@H](Br)CC)C1. The van der Waals surface area contributed by atoms with Gasteiger partial charge >= 0.3 is 5.97 Å². The molecular formula is C12H20BrNO3. The van der Waals surface area contributed by atoms with Crippen LogP contribution in [0.2, 0.25) is 0 Å². The van der Waals surface area contributed by atoms with E-state index in [1.807, 2.05) is 6.92 Å². The van der Waals surface area contributed by atoms with Gasteiger partial charge in [-0.15, -0.1) is 0 Å². The zero-order valence-electron chi connectivity index (χ0n) is 10.4. The van der Waals surface area contributed by atoms with Crippen LogP contribution >= 0.6 is 15.9 Å². The number of alkyl halides is 1. The second kappa shape index (κ2) is 6.99. The Morgan fingerprint density at radius 1 is 1.47 bits per heavy atom.